The molecule has 0 aliphatic carbocycles. The van der Waals surface area contributed by atoms with Crippen LogP contribution in [0.5, 0.6) is 5.88 Å². The number of pyridine rings is 1. The monoisotopic (exact) mass is 572 g/mol. The van der Waals surface area contributed by atoms with E-state index >= 15 is 0 Å². The SMILES string of the molecule is COc1nc2ccc(-c3ccc(CO)o3)cc2cc1C(c1ccccc1)C(O)(CCN(C)C)c1cccc2ccccc12. The highest BCUT2D eigenvalue weighted by atomic mass is 16.5. The van der Waals surface area contributed by atoms with Crippen LogP contribution in [-0.2, 0) is 12.2 Å². The quantitative estimate of drug-likeness (QED) is 0.182. The summed E-state index contributed by atoms with van der Waals surface area (Å²) in [5.41, 5.74) is 2.95. The number of ether oxygens (including phenoxy) is 1. The number of aromatic nitrogens is 1. The number of methoxy groups -OCH3 is 1. The Balaban J connectivity index is 1.61. The van der Waals surface area contributed by atoms with Crippen LogP contribution in [0, 0.1) is 0 Å². The fourth-order valence-electron chi connectivity index (χ4n) is 6.11. The van der Waals surface area contributed by atoms with Crippen LogP contribution in [0.25, 0.3) is 33.0 Å². The summed E-state index contributed by atoms with van der Waals surface area (Å²) in [7, 11) is 5.68. The largest absolute Gasteiger partial charge is 0.481 e. The molecule has 2 heterocycles. The normalized spacial score (nSPS) is 13.8. The van der Waals surface area contributed by atoms with Gasteiger partial charge in [-0.15, -0.1) is 0 Å². The van der Waals surface area contributed by atoms with Gasteiger partial charge in [0.05, 0.1) is 12.6 Å². The summed E-state index contributed by atoms with van der Waals surface area (Å²) in [6, 6.07) is 36.1. The molecule has 6 aromatic rings. The molecular weight excluding hydrogens is 536 g/mol. The number of aliphatic hydroxyl groups excluding tert-OH is 1. The van der Waals surface area contributed by atoms with Crippen LogP contribution in [0.3, 0.4) is 0 Å². The first-order chi connectivity index (χ1) is 20.9. The summed E-state index contributed by atoms with van der Waals surface area (Å²) < 4.78 is 11.8. The molecule has 2 unspecified atom stereocenters. The number of furan rings is 1. The number of rotatable bonds is 10. The predicted molar refractivity (Wildman–Crippen MR) is 171 cm³/mol. The highest BCUT2D eigenvalue weighted by Gasteiger charge is 2.43. The molecule has 0 radical (unpaired) electrons. The van der Waals surface area contributed by atoms with E-state index in [0.717, 1.165) is 43.9 Å². The molecule has 0 spiro atoms. The molecular formula is C37H36N2O4. The van der Waals surface area contributed by atoms with Gasteiger partial charge in [-0.05, 0) is 78.8 Å². The molecule has 43 heavy (non-hydrogen) atoms. The third-order valence-electron chi connectivity index (χ3n) is 8.22. The zero-order valence-electron chi connectivity index (χ0n) is 24.7. The molecule has 0 saturated heterocycles. The van der Waals surface area contributed by atoms with E-state index in [-0.39, 0.29) is 6.61 Å². The average Bonchev–Trinajstić information content (AvgIpc) is 3.53. The van der Waals surface area contributed by atoms with Crippen molar-refractivity contribution in [2.75, 3.05) is 27.7 Å². The van der Waals surface area contributed by atoms with Gasteiger partial charge in [-0.25, -0.2) is 4.98 Å². The van der Waals surface area contributed by atoms with Crippen LogP contribution in [0.15, 0.2) is 114 Å². The zero-order chi connectivity index (χ0) is 30.0. The molecule has 6 rings (SSSR count). The first-order valence-corrected chi connectivity index (χ1v) is 14.5. The number of hydrogen-bond acceptors (Lipinski definition) is 6. The van der Waals surface area contributed by atoms with Gasteiger partial charge in [0.2, 0.25) is 5.88 Å². The summed E-state index contributed by atoms with van der Waals surface area (Å²) in [4.78, 5) is 7.05. The van der Waals surface area contributed by atoms with Gasteiger partial charge in [0, 0.05) is 29.0 Å². The van der Waals surface area contributed by atoms with Gasteiger partial charge in [-0.1, -0.05) is 72.8 Å². The van der Waals surface area contributed by atoms with E-state index in [9.17, 15) is 10.2 Å². The maximum absolute atomic E-state index is 13.2. The molecule has 0 aliphatic heterocycles. The predicted octanol–water partition coefficient (Wildman–Crippen LogP) is 7.12. The summed E-state index contributed by atoms with van der Waals surface area (Å²) in [5, 5.41) is 25.7. The van der Waals surface area contributed by atoms with Gasteiger partial charge in [-0.2, -0.15) is 0 Å². The Morgan fingerprint density at radius 1 is 0.860 bits per heavy atom. The summed E-state index contributed by atoms with van der Waals surface area (Å²) in [5.74, 6) is 1.15. The lowest BCUT2D eigenvalue weighted by Crippen LogP contribution is -2.38. The van der Waals surface area contributed by atoms with Gasteiger partial charge >= 0.3 is 0 Å². The Hall–Kier alpha value is -4.49. The van der Waals surface area contributed by atoms with Crippen molar-refractivity contribution in [3.8, 4) is 17.2 Å². The molecule has 2 atom stereocenters. The van der Waals surface area contributed by atoms with Crippen molar-refractivity contribution in [3.05, 3.63) is 132 Å². The van der Waals surface area contributed by atoms with Crippen LogP contribution >= 0.6 is 0 Å². The number of benzene rings is 4. The van der Waals surface area contributed by atoms with Gasteiger partial charge in [0.1, 0.15) is 23.7 Å². The van der Waals surface area contributed by atoms with Crippen LogP contribution < -0.4 is 4.74 Å². The lowest BCUT2D eigenvalue weighted by atomic mass is 9.70. The smallest absolute Gasteiger partial charge is 0.217 e. The Morgan fingerprint density at radius 2 is 1.63 bits per heavy atom. The summed E-state index contributed by atoms with van der Waals surface area (Å²) in [6.45, 7) is 0.511. The van der Waals surface area contributed by atoms with Gasteiger partial charge in [0.25, 0.3) is 0 Å². The molecule has 6 heteroatoms. The van der Waals surface area contributed by atoms with E-state index in [4.69, 9.17) is 14.1 Å². The highest BCUT2D eigenvalue weighted by molar-refractivity contribution is 5.88. The minimum atomic E-state index is -1.32. The second-order valence-corrected chi connectivity index (χ2v) is 11.3. The summed E-state index contributed by atoms with van der Waals surface area (Å²) in [6.07, 6.45) is 0.477. The van der Waals surface area contributed by atoms with Gasteiger partial charge in [-0.3, -0.25) is 0 Å². The maximum atomic E-state index is 13.2. The Bertz CT molecular complexity index is 1860. The molecule has 2 aromatic heterocycles. The molecule has 0 fully saturated rings. The number of hydrogen-bond donors (Lipinski definition) is 2. The molecule has 218 valence electrons. The van der Waals surface area contributed by atoms with Crippen molar-refractivity contribution in [2.24, 2.45) is 0 Å². The molecule has 2 N–H and O–H groups in total. The van der Waals surface area contributed by atoms with Gasteiger partial charge in [0.15, 0.2) is 0 Å². The number of fused-ring (bicyclic) bond motifs is 2. The second-order valence-electron chi connectivity index (χ2n) is 11.3. The minimum absolute atomic E-state index is 0.158. The fraction of sp³-hybridized carbons (Fsp3) is 0.216. The van der Waals surface area contributed by atoms with E-state index in [1.54, 1.807) is 13.2 Å². The van der Waals surface area contributed by atoms with Crippen LogP contribution in [0.1, 0.15) is 34.8 Å². The van der Waals surface area contributed by atoms with Gasteiger partial charge < -0.3 is 24.3 Å². The van der Waals surface area contributed by atoms with Crippen molar-refractivity contribution >= 4 is 21.7 Å². The summed E-state index contributed by atoms with van der Waals surface area (Å²) >= 11 is 0. The van der Waals surface area contributed by atoms with Crippen molar-refractivity contribution in [3.63, 3.8) is 0 Å². The highest BCUT2D eigenvalue weighted by Crippen LogP contribution is 2.49. The molecule has 0 bridgehead atoms. The van der Waals surface area contributed by atoms with Crippen molar-refractivity contribution in [1.82, 2.24) is 9.88 Å². The number of aliphatic hydroxyl groups is 2. The average molecular weight is 573 g/mol. The first kappa shape index (κ1) is 28.6. The topological polar surface area (TPSA) is 79.0 Å². The maximum Gasteiger partial charge on any atom is 0.217 e. The van der Waals surface area contributed by atoms with E-state index in [1.165, 1.54) is 0 Å². The molecule has 0 aliphatic rings. The second kappa shape index (κ2) is 12.0. The Kier molecular flexibility index (Phi) is 8.00. The van der Waals surface area contributed by atoms with Crippen LogP contribution in [0.2, 0.25) is 0 Å². The molecule has 6 nitrogen and oxygen atoms in total. The Morgan fingerprint density at radius 3 is 2.37 bits per heavy atom. The molecule has 0 amide bonds. The van der Waals surface area contributed by atoms with E-state index < -0.39 is 11.5 Å². The Labute approximate surface area is 251 Å². The zero-order valence-corrected chi connectivity index (χ0v) is 24.7. The fourth-order valence-corrected chi connectivity index (χ4v) is 6.11. The van der Waals surface area contributed by atoms with E-state index in [1.807, 2.05) is 80.8 Å². The third-order valence-corrected chi connectivity index (χ3v) is 8.22. The van der Waals surface area contributed by atoms with Crippen molar-refractivity contribution in [2.45, 2.75) is 24.5 Å². The van der Waals surface area contributed by atoms with Crippen molar-refractivity contribution in [1.29, 1.82) is 0 Å². The standard InChI is InChI=1S/C37H36N2O4/c1-39(2)21-20-37(41,32-15-9-13-25-10-7-8-14-30(25)32)35(26-11-5-4-6-12-26)31-23-28-22-27(34-19-17-29(24-40)43-34)16-18-33(28)38-36(31)42-3/h4-19,22-23,35,40-41H,20-21,24H2,1-3H3. The third kappa shape index (κ3) is 5.53. The minimum Gasteiger partial charge on any atom is -0.481 e. The molecule has 4 aromatic carbocycles. The van der Waals surface area contributed by atoms with E-state index in [0.29, 0.717) is 30.4 Å². The number of nitrogens with zero attached hydrogens (tertiary/aromatic N) is 2. The lowest BCUT2D eigenvalue weighted by molar-refractivity contribution is 0.00520. The van der Waals surface area contributed by atoms with Crippen LogP contribution in [-0.4, -0.2) is 47.8 Å². The van der Waals surface area contributed by atoms with Crippen LogP contribution in [0.4, 0.5) is 0 Å². The molecule has 0 saturated carbocycles. The van der Waals surface area contributed by atoms with E-state index in [2.05, 4.69) is 41.3 Å². The first-order valence-electron chi connectivity index (χ1n) is 14.5. The van der Waals surface area contributed by atoms with Crippen molar-refractivity contribution < 1.29 is 19.4 Å². The lowest BCUT2D eigenvalue weighted by Gasteiger charge is -2.39.